The van der Waals surface area contributed by atoms with Crippen molar-refractivity contribution in [2.75, 3.05) is 11.9 Å². The molecule has 3 rings (SSSR count). The minimum atomic E-state index is -0.518. The Kier molecular flexibility index (Phi) is 3.80. The molecular formula is C16H13ClFNO2. The van der Waals surface area contributed by atoms with Gasteiger partial charge in [-0.1, -0.05) is 23.7 Å². The summed E-state index contributed by atoms with van der Waals surface area (Å²) in [7, 11) is 0. The molecule has 0 saturated carbocycles. The highest BCUT2D eigenvalue weighted by atomic mass is 35.5. The Bertz CT molecular complexity index is 703. The van der Waals surface area contributed by atoms with Crippen molar-refractivity contribution >= 4 is 23.2 Å². The van der Waals surface area contributed by atoms with Crippen LogP contribution >= 0.6 is 11.6 Å². The van der Waals surface area contributed by atoms with Gasteiger partial charge in [0.2, 0.25) is 0 Å². The molecule has 3 nitrogen and oxygen atoms in total. The Morgan fingerprint density at radius 2 is 2.14 bits per heavy atom. The number of anilines is 1. The largest absolute Gasteiger partial charge is 0.492 e. The van der Waals surface area contributed by atoms with Gasteiger partial charge in [0.1, 0.15) is 11.6 Å². The van der Waals surface area contributed by atoms with Gasteiger partial charge in [0, 0.05) is 5.69 Å². The minimum Gasteiger partial charge on any atom is -0.492 e. The molecule has 0 atom stereocenters. The number of fused-ring (bicyclic) bond motifs is 1. The monoisotopic (exact) mass is 305 g/mol. The highest BCUT2D eigenvalue weighted by Gasteiger charge is 2.19. The molecule has 0 spiro atoms. The Labute approximate surface area is 126 Å². The molecule has 1 N–H and O–H groups in total. The Morgan fingerprint density at radius 1 is 1.29 bits per heavy atom. The summed E-state index contributed by atoms with van der Waals surface area (Å²) in [5, 5.41) is 2.68. The van der Waals surface area contributed by atoms with E-state index in [1.165, 1.54) is 18.2 Å². The van der Waals surface area contributed by atoms with Crippen LogP contribution < -0.4 is 10.1 Å². The van der Waals surface area contributed by atoms with Gasteiger partial charge in [0.25, 0.3) is 5.91 Å². The number of hydrogen-bond donors (Lipinski definition) is 1. The summed E-state index contributed by atoms with van der Waals surface area (Å²) in [5.74, 6) is -0.180. The third-order valence-electron chi connectivity index (χ3n) is 3.36. The van der Waals surface area contributed by atoms with Gasteiger partial charge in [0.15, 0.2) is 0 Å². The number of halogens is 2. The summed E-state index contributed by atoms with van der Waals surface area (Å²) < 4.78 is 18.7. The van der Waals surface area contributed by atoms with Crippen molar-refractivity contribution in [2.24, 2.45) is 0 Å². The molecule has 2 aromatic rings. The van der Waals surface area contributed by atoms with E-state index < -0.39 is 5.82 Å². The van der Waals surface area contributed by atoms with Crippen LogP contribution in [0.25, 0.3) is 0 Å². The molecule has 0 aliphatic carbocycles. The second-order valence-corrected chi connectivity index (χ2v) is 5.24. The number of para-hydroxylation sites is 1. The molecule has 5 heteroatoms. The maximum atomic E-state index is 13.1. The Morgan fingerprint density at radius 3 is 2.95 bits per heavy atom. The number of ether oxygens (including phenoxy) is 1. The molecule has 1 aliphatic heterocycles. The predicted molar refractivity (Wildman–Crippen MR) is 79.6 cm³/mol. The standard InChI is InChI=1S/C16H13ClFNO2/c17-13-9-11(6-7-14(13)18)19-16(20)12-5-1-3-10-4-2-8-21-15(10)12/h1,3,5-7,9H,2,4,8H2,(H,19,20). The highest BCUT2D eigenvalue weighted by Crippen LogP contribution is 2.29. The van der Waals surface area contributed by atoms with Gasteiger partial charge in [-0.2, -0.15) is 0 Å². The first kappa shape index (κ1) is 13.9. The van der Waals surface area contributed by atoms with E-state index in [1.807, 2.05) is 12.1 Å². The summed E-state index contributed by atoms with van der Waals surface area (Å²) in [5.41, 5.74) is 1.96. The van der Waals surface area contributed by atoms with E-state index in [0.29, 0.717) is 23.6 Å². The zero-order chi connectivity index (χ0) is 14.8. The first-order valence-electron chi connectivity index (χ1n) is 6.66. The molecule has 0 aromatic heterocycles. The van der Waals surface area contributed by atoms with Crippen molar-refractivity contribution < 1.29 is 13.9 Å². The topological polar surface area (TPSA) is 38.3 Å². The quantitative estimate of drug-likeness (QED) is 0.908. The fourth-order valence-electron chi connectivity index (χ4n) is 2.34. The van der Waals surface area contributed by atoms with Crippen LogP contribution in [0.4, 0.5) is 10.1 Å². The molecule has 108 valence electrons. The van der Waals surface area contributed by atoms with Gasteiger partial charge >= 0.3 is 0 Å². The molecule has 0 saturated heterocycles. The molecular weight excluding hydrogens is 293 g/mol. The number of carbonyl (C=O) groups excluding carboxylic acids is 1. The first-order chi connectivity index (χ1) is 10.1. The molecule has 1 aliphatic rings. The number of hydrogen-bond acceptors (Lipinski definition) is 2. The number of amides is 1. The van der Waals surface area contributed by atoms with Crippen molar-refractivity contribution in [3.05, 3.63) is 58.4 Å². The molecule has 0 radical (unpaired) electrons. The first-order valence-corrected chi connectivity index (χ1v) is 7.04. The van der Waals surface area contributed by atoms with Crippen LogP contribution in [0.2, 0.25) is 5.02 Å². The lowest BCUT2D eigenvalue weighted by molar-refractivity contribution is 0.102. The third kappa shape index (κ3) is 2.85. The zero-order valence-corrected chi connectivity index (χ0v) is 11.9. The van der Waals surface area contributed by atoms with Crippen molar-refractivity contribution in [2.45, 2.75) is 12.8 Å². The zero-order valence-electron chi connectivity index (χ0n) is 11.2. The van der Waals surface area contributed by atoms with Gasteiger partial charge < -0.3 is 10.1 Å². The fourth-order valence-corrected chi connectivity index (χ4v) is 2.52. The van der Waals surface area contributed by atoms with Crippen LogP contribution in [-0.4, -0.2) is 12.5 Å². The normalized spacial score (nSPS) is 13.2. The summed E-state index contributed by atoms with van der Waals surface area (Å²) in [4.78, 5) is 12.4. The summed E-state index contributed by atoms with van der Waals surface area (Å²) >= 11 is 5.71. The van der Waals surface area contributed by atoms with E-state index in [-0.39, 0.29) is 10.9 Å². The van der Waals surface area contributed by atoms with Crippen LogP contribution in [0, 0.1) is 5.82 Å². The SMILES string of the molecule is O=C(Nc1ccc(F)c(Cl)c1)c1cccc2c1OCCC2. The smallest absolute Gasteiger partial charge is 0.259 e. The van der Waals surface area contributed by atoms with Crippen molar-refractivity contribution in [1.29, 1.82) is 0 Å². The maximum absolute atomic E-state index is 13.1. The summed E-state index contributed by atoms with van der Waals surface area (Å²) in [6.07, 6.45) is 1.85. The van der Waals surface area contributed by atoms with Gasteiger partial charge in [-0.3, -0.25) is 4.79 Å². The molecule has 2 aromatic carbocycles. The van der Waals surface area contributed by atoms with E-state index in [2.05, 4.69) is 5.32 Å². The number of benzene rings is 2. The Hall–Kier alpha value is -2.07. The molecule has 1 amide bonds. The van der Waals surface area contributed by atoms with Gasteiger partial charge in [-0.05, 0) is 42.7 Å². The van der Waals surface area contributed by atoms with Crippen molar-refractivity contribution in [3.8, 4) is 5.75 Å². The van der Waals surface area contributed by atoms with Crippen LogP contribution in [0.1, 0.15) is 22.3 Å². The molecule has 0 bridgehead atoms. The number of aryl methyl sites for hydroxylation is 1. The van der Waals surface area contributed by atoms with E-state index in [9.17, 15) is 9.18 Å². The minimum absolute atomic E-state index is 0.0286. The summed E-state index contributed by atoms with van der Waals surface area (Å²) in [6, 6.07) is 9.57. The van der Waals surface area contributed by atoms with Gasteiger partial charge in [-0.15, -0.1) is 0 Å². The fraction of sp³-hybridized carbons (Fsp3) is 0.188. The van der Waals surface area contributed by atoms with E-state index in [1.54, 1.807) is 6.07 Å². The lowest BCUT2D eigenvalue weighted by Crippen LogP contribution is -2.17. The molecule has 21 heavy (non-hydrogen) atoms. The average molecular weight is 306 g/mol. The second kappa shape index (κ2) is 5.74. The molecule has 0 unspecified atom stereocenters. The predicted octanol–water partition coefficient (Wildman–Crippen LogP) is 4.06. The number of carbonyl (C=O) groups is 1. The van der Waals surface area contributed by atoms with Gasteiger partial charge in [0.05, 0.1) is 17.2 Å². The van der Waals surface area contributed by atoms with E-state index >= 15 is 0 Å². The molecule has 1 heterocycles. The van der Waals surface area contributed by atoms with Crippen LogP contribution in [0.3, 0.4) is 0 Å². The highest BCUT2D eigenvalue weighted by molar-refractivity contribution is 6.31. The Balaban J connectivity index is 1.87. The average Bonchev–Trinajstić information content (AvgIpc) is 2.50. The second-order valence-electron chi connectivity index (χ2n) is 4.83. The summed E-state index contributed by atoms with van der Waals surface area (Å²) in [6.45, 7) is 0.611. The number of nitrogens with one attached hydrogen (secondary N) is 1. The number of rotatable bonds is 2. The van der Waals surface area contributed by atoms with E-state index in [4.69, 9.17) is 16.3 Å². The van der Waals surface area contributed by atoms with Crippen molar-refractivity contribution in [3.63, 3.8) is 0 Å². The van der Waals surface area contributed by atoms with Crippen LogP contribution in [0.5, 0.6) is 5.75 Å². The van der Waals surface area contributed by atoms with Crippen LogP contribution in [0.15, 0.2) is 36.4 Å². The third-order valence-corrected chi connectivity index (χ3v) is 3.65. The van der Waals surface area contributed by atoms with E-state index in [0.717, 1.165) is 18.4 Å². The van der Waals surface area contributed by atoms with Crippen LogP contribution in [-0.2, 0) is 6.42 Å². The van der Waals surface area contributed by atoms with Crippen molar-refractivity contribution in [1.82, 2.24) is 0 Å². The molecule has 0 fully saturated rings. The maximum Gasteiger partial charge on any atom is 0.259 e. The lowest BCUT2D eigenvalue weighted by atomic mass is 10.0. The lowest BCUT2D eigenvalue weighted by Gasteiger charge is -2.19. The van der Waals surface area contributed by atoms with Gasteiger partial charge in [-0.25, -0.2) is 4.39 Å².